The predicted octanol–water partition coefficient (Wildman–Crippen LogP) is 1.19. The molecule has 0 aromatic rings. The third-order valence-corrected chi connectivity index (χ3v) is 5.50. The van der Waals surface area contributed by atoms with E-state index in [4.69, 9.17) is 4.74 Å². The number of nitrogens with zero attached hydrogens (tertiary/aromatic N) is 1. The Hall–Kier alpha value is -1.33. The summed E-state index contributed by atoms with van der Waals surface area (Å²) < 4.78 is 5.17. The van der Waals surface area contributed by atoms with Gasteiger partial charge in [-0.15, -0.1) is 0 Å². The van der Waals surface area contributed by atoms with E-state index in [9.17, 15) is 9.90 Å². The van der Waals surface area contributed by atoms with Gasteiger partial charge in [0.05, 0.1) is 30.8 Å². The molecule has 0 spiro atoms. The Kier molecular flexibility index (Phi) is 3.08. The van der Waals surface area contributed by atoms with Crippen molar-refractivity contribution in [3.8, 4) is 0 Å². The van der Waals surface area contributed by atoms with E-state index in [1.54, 1.807) is 4.90 Å². The highest BCUT2D eigenvalue weighted by Gasteiger charge is 2.59. The second-order valence-electron chi connectivity index (χ2n) is 6.51. The number of aliphatic hydroxyl groups is 1. The third kappa shape index (κ3) is 1.87. The van der Waals surface area contributed by atoms with E-state index in [2.05, 4.69) is 23.5 Å². The molecular weight excluding hydrogens is 268 g/mol. The van der Waals surface area contributed by atoms with Crippen molar-refractivity contribution in [3.63, 3.8) is 0 Å². The van der Waals surface area contributed by atoms with E-state index in [-0.39, 0.29) is 24.2 Å². The van der Waals surface area contributed by atoms with E-state index < -0.39 is 6.10 Å². The molecule has 5 heteroatoms. The van der Waals surface area contributed by atoms with Crippen LogP contribution in [-0.2, 0) is 4.74 Å². The summed E-state index contributed by atoms with van der Waals surface area (Å²) in [4.78, 5) is 14.0. The summed E-state index contributed by atoms with van der Waals surface area (Å²) in [5, 5.41) is 14.2. The molecule has 5 unspecified atom stereocenters. The molecule has 2 N–H and O–H groups in total. The zero-order valence-corrected chi connectivity index (χ0v) is 12.2. The second kappa shape index (κ2) is 4.85. The molecule has 0 aromatic carbocycles. The van der Waals surface area contributed by atoms with Crippen molar-refractivity contribution >= 4 is 6.09 Å². The standard InChI is InChI=1S/C16H22N2O3/c1-2-21-16(20)18-11-7-10-8-12(18)15(19)14(11)17-13(10)9-5-3-4-6-9/h3-5,10-15,17,19H,2,6-8H2,1H3/t10?,11?,12?,13?,14?,15-/m0/s1. The number of piperidine rings is 2. The molecule has 3 fully saturated rings. The van der Waals surface area contributed by atoms with Gasteiger partial charge in [-0.05, 0) is 37.7 Å². The number of fused-ring (bicyclic) bond motifs is 2. The van der Waals surface area contributed by atoms with Crippen LogP contribution in [0, 0.1) is 5.92 Å². The number of hydrogen-bond acceptors (Lipinski definition) is 4. The normalized spacial score (nSPS) is 43.3. The highest BCUT2D eigenvalue weighted by molar-refractivity contribution is 5.70. The van der Waals surface area contributed by atoms with Crippen LogP contribution in [0.25, 0.3) is 0 Å². The smallest absolute Gasteiger partial charge is 0.410 e. The van der Waals surface area contributed by atoms with Crippen molar-refractivity contribution in [3.05, 3.63) is 23.8 Å². The van der Waals surface area contributed by atoms with Crippen LogP contribution < -0.4 is 5.32 Å². The molecule has 3 bridgehead atoms. The summed E-state index contributed by atoms with van der Waals surface area (Å²) in [6.45, 7) is 2.20. The van der Waals surface area contributed by atoms with Gasteiger partial charge in [0.15, 0.2) is 0 Å². The highest BCUT2D eigenvalue weighted by atomic mass is 16.6. The number of amides is 1. The molecule has 0 radical (unpaired) electrons. The van der Waals surface area contributed by atoms with E-state index in [0.717, 1.165) is 19.3 Å². The average molecular weight is 290 g/mol. The van der Waals surface area contributed by atoms with Gasteiger partial charge in [0.1, 0.15) is 0 Å². The van der Waals surface area contributed by atoms with Crippen LogP contribution in [0.1, 0.15) is 26.2 Å². The maximum atomic E-state index is 12.2. The van der Waals surface area contributed by atoms with Crippen LogP contribution in [0.2, 0.25) is 0 Å². The number of carbonyl (C=O) groups excluding carboxylic acids is 1. The van der Waals surface area contributed by atoms with Crippen LogP contribution in [0.3, 0.4) is 0 Å². The largest absolute Gasteiger partial charge is 0.450 e. The van der Waals surface area contributed by atoms with Gasteiger partial charge in [-0.2, -0.15) is 0 Å². The summed E-state index contributed by atoms with van der Waals surface area (Å²) in [6.07, 6.45) is 8.57. The molecule has 1 aliphatic carbocycles. The molecular formula is C16H22N2O3. The number of ether oxygens (including phenoxy) is 1. The molecule has 3 heterocycles. The van der Waals surface area contributed by atoms with Gasteiger partial charge in [0.25, 0.3) is 0 Å². The van der Waals surface area contributed by atoms with Crippen LogP contribution in [0.4, 0.5) is 4.79 Å². The molecule has 4 aliphatic rings. The fourth-order valence-corrected chi connectivity index (χ4v) is 4.68. The first-order valence-corrected chi connectivity index (χ1v) is 7.95. The van der Waals surface area contributed by atoms with Gasteiger partial charge in [-0.25, -0.2) is 4.79 Å². The zero-order chi connectivity index (χ0) is 14.6. The SMILES string of the molecule is CCOC(=O)N1C2CC3CC1[C@H](O)C2NC3C1=CC=CC1. The lowest BCUT2D eigenvalue weighted by Gasteiger charge is -2.46. The van der Waals surface area contributed by atoms with Gasteiger partial charge < -0.3 is 15.2 Å². The van der Waals surface area contributed by atoms with Crippen molar-refractivity contribution in [1.82, 2.24) is 10.2 Å². The van der Waals surface area contributed by atoms with E-state index in [1.807, 2.05) is 6.92 Å². The van der Waals surface area contributed by atoms with E-state index in [1.165, 1.54) is 5.57 Å². The van der Waals surface area contributed by atoms with Gasteiger partial charge in [-0.3, -0.25) is 4.90 Å². The quantitative estimate of drug-likeness (QED) is 0.802. The van der Waals surface area contributed by atoms with Gasteiger partial charge >= 0.3 is 6.09 Å². The number of allylic oxidation sites excluding steroid dienone is 3. The lowest BCUT2D eigenvalue weighted by atomic mass is 9.78. The van der Waals surface area contributed by atoms with Crippen molar-refractivity contribution in [2.45, 2.75) is 56.5 Å². The van der Waals surface area contributed by atoms with E-state index in [0.29, 0.717) is 18.6 Å². The van der Waals surface area contributed by atoms with Crippen LogP contribution in [0.5, 0.6) is 0 Å². The summed E-state index contributed by atoms with van der Waals surface area (Å²) in [6, 6.07) is 0.314. The molecule has 6 atom stereocenters. The fraction of sp³-hybridized carbons (Fsp3) is 0.688. The molecule has 21 heavy (non-hydrogen) atoms. The predicted molar refractivity (Wildman–Crippen MR) is 77.7 cm³/mol. The Balaban J connectivity index is 1.58. The van der Waals surface area contributed by atoms with Crippen molar-refractivity contribution < 1.29 is 14.6 Å². The van der Waals surface area contributed by atoms with E-state index >= 15 is 0 Å². The van der Waals surface area contributed by atoms with Gasteiger partial charge in [0, 0.05) is 6.04 Å². The first-order valence-electron chi connectivity index (χ1n) is 7.95. The molecule has 5 nitrogen and oxygen atoms in total. The third-order valence-electron chi connectivity index (χ3n) is 5.50. The molecule has 3 aliphatic heterocycles. The maximum absolute atomic E-state index is 12.2. The van der Waals surface area contributed by atoms with Crippen LogP contribution in [0.15, 0.2) is 23.8 Å². The Labute approximate surface area is 124 Å². The van der Waals surface area contributed by atoms with Gasteiger partial charge in [0.2, 0.25) is 0 Å². The van der Waals surface area contributed by atoms with Crippen molar-refractivity contribution in [2.24, 2.45) is 5.92 Å². The number of rotatable bonds is 2. The summed E-state index contributed by atoms with van der Waals surface area (Å²) >= 11 is 0. The topological polar surface area (TPSA) is 61.8 Å². The Morgan fingerprint density at radius 1 is 1.48 bits per heavy atom. The summed E-state index contributed by atoms with van der Waals surface area (Å²) in [5.41, 5.74) is 1.42. The maximum Gasteiger partial charge on any atom is 0.410 e. The minimum atomic E-state index is -0.482. The van der Waals surface area contributed by atoms with Crippen LogP contribution in [-0.4, -0.2) is 53.0 Å². The van der Waals surface area contributed by atoms with Crippen LogP contribution >= 0.6 is 0 Å². The zero-order valence-electron chi connectivity index (χ0n) is 12.2. The Bertz CT molecular complexity index is 514. The Morgan fingerprint density at radius 2 is 2.29 bits per heavy atom. The lowest BCUT2D eigenvalue weighted by Crippen LogP contribution is -2.60. The second-order valence-corrected chi connectivity index (χ2v) is 6.51. The summed E-state index contributed by atoms with van der Waals surface area (Å²) in [5.74, 6) is 0.505. The summed E-state index contributed by atoms with van der Waals surface area (Å²) in [7, 11) is 0. The molecule has 3 saturated heterocycles. The molecule has 0 aromatic heterocycles. The molecule has 114 valence electrons. The average Bonchev–Trinajstić information content (AvgIpc) is 3.03. The van der Waals surface area contributed by atoms with Gasteiger partial charge in [-0.1, -0.05) is 18.2 Å². The first-order chi connectivity index (χ1) is 10.2. The fourth-order valence-electron chi connectivity index (χ4n) is 4.68. The number of carbonyl (C=O) groups is 1. The van der Waals surface area contributed by atoms with Crippen molar-refractivity contribution in [1.29, 1.82) is 0 Å². The number of nitrogens with one attached hydrogen (secondary N) is 1. The first kappa shape index (κ1) is 13.3. The Morgan fingerprint density at radius 3 is 3.00 bits per heavy atom. The minimum absolute atomic E-state index is 0.0235. The molecule has 1 amide bonds. The highest BCUT2D eigenvalue weighted by Crippen LogP contribution is 2.46. The monoisotopic (exact) mass is 290 g/mol. The number of hydrogen-bond donors (Lipinski definition) is 2. The molecule has 0 saturated carbocycles. The minimum Gasteiger partial charge on any atom is -0.450 e. The number of aliphatic hydroxyl groups excluding tert-OH is 1. The lowest BCUT2D eigenvalue weighted by molar-refractivity contribution is 0.0342. The molecule has 4 rings (SSSR count). The van der Waals surface area contributed by atoms with Crippen molar-refractivity contribution in [2.75, 3.05) is 6.61 Å².